The number of carbonyl (C=O) groups excluding carboxylic acids is 1. The zero-order valence-electron chi connectivity index (χ0n) is 10.6. The molecule has 2 amide bonds. The first kappa shape index (κ1) is 13.8. The average molecular weight is 329 g/mol. The van der Waals surface area contributed by atoms with Gasteiger partial charge in [0, 0.05) is 10.8 Å². The number of hydrogen-bond donors (Lipinski definition) is 2. The fourth-order valence-electron chi connectivity index (χ4n) is 1.86. The van der Waals surface area contributed by atoms with Gasteiger partial charge < -0.3 is 5.32 Å². The van der Waals surface area contributed by atoms with E-state index in [9.17, 15) is 4.79 Å². The molecule has 1 saturated carbocycles. The van der Waals surface area contributed by atoms with E-state index in [1.165, 1.54) is 41.9 Å². The Hall–Kier alpha value is -1.18. The van der Waals surface area contributed by atoms with Crippen LogP contribution in [0.3, 0.4) is 0 Å². The van der Waals surface area contributed by atoms with Crippen LogP contribution < -0.4 is 10.6 Å². The van der Waals surface area contributed by atoms with Gasteiger partial charge in [-0.1, -0.05) is 29.4 Å². The highest BCUT2D eigenvalue weighted by molar-refractivity contribution is 7.16. The predicted molar refractivity (Wildman–Crippen MR) is 81.7 cm³/mol. The second kappa shape index (κ2) is 6.07. The Kier molecular flexibility index (Phi) is 4.18. The molecule has 0 aromatic carbocycles. The predicted octanol–water partition coefficient (Wildman–Crippen LogP) is 3.84. The topological polar surface area (TPSA) is 66.9 Å². The van der Waals surface area contributed by atoms with Crippen molar-refractivity contribution in [3.05, 3.63) is 26.4 Å². The minimum atomic E-state index is -0.272. The van der Waals surface area contributed by atoms with E-state index in [1.807, 2.05) is 12.1 Å². The van der Waals surface area contributed by atoms with Crippen molar-refractivity contribution < 1.29 is 4.79 Å². The summed E-state index contributed by atoms with van der Waals surface area (Å²) in [5.41, 5.74) is 0. The molecule has 0 saturated heterocycles. The summed E-state index contributed by atoms with van der Waals surface area (Å²) in [7, 11) is 0. The van der Waals surface area contributed by atoms with Crippen LogP contribution in [0.25, 0.3) is 0 Å². The first-order chi connectivity index (χ1) is 9.70. The minimum Gasteiger partial charge on any atom is -0.333 e. The molecular weight excluding hydrogens is 316 g/mol. The lowest BCUT2D eigenvalue weighted by molar-refractivity contribution is 0.252. The molecule has 8 heteroatoms. The molecule has 1 fully saturated rings. The van der Waals surface area contributed by atoms with Crippen LogP contribution in [0.4, 0.5) is 9.93 Å². The SMILES string of the molecule is O=C(NCc1ccc(Cl)s1)Nc1nnc(C2CCC2)s1. The number of carbonyl (C=O) groups is 1. The van der Waals surface area contributed by atoms with E-state index in [0.717, 1.165) is 14.2 Å². The van der Waals surface area contributed by atoms with Crippen LogP contribution in [0, 0.1) is 0 Å². The van der Waals surface area contributed by atoms with E-state index < -0.39 is 0 Å². The largest absolute Gasteiger partial charge is 0.333 e. The van der Waals surface area contributed by atoms with Gasteiger partial charge in [-0.15, -0.1) is 21.5 Å². The quantitative estimate of drug-likeness (QED) is 0.896. The molecule has 2 N–H and O–H groups in total. The maximum atomic E-state index is 11.7. The van der Waals surface area contributed by atoms with E-state index >= 15 is 0 Å². The lowest BCUT2D eigenvalue weighted by Gasteiger charge is -2.21. The van der Waals surface area contributed by atoms with Gasteiger partial charge in [0.05, 0.1) is 10.9 Å². The normalized spacial score (nSPS) is 14.8. The van der Waals surface area contributed by atoms with Crippen LogP contribution in [-0.4, -0.2) is 16.2 Å². The summed E-state index contributed by atoms with van der Waals surface area (Å²) in [5, 5.41) is 15.2. The van der Waals surface area contributed by atoms with E-state index in [0.29, 0.717) is 17.6 Å². The highest BCUT2D eigenvalue weighted by atomic mass is 35.5. The van der Waals surface area contributed by atoms with Crippen molar-refractivity contribution in [2.75, 3.05) is 5.32 Å². The second-order valence-electron chi connectivity index (χ2n) is 4.59. The van der Waals surface area contributed by atoms with Crippen LogP contribution in [0.5, 0.6) is 0 Å². The molecule has 0 atom stereocenters. The van der Waals surface area contributed by atoms with Gasteiger partial charge in [-0.2, -0.15) is 0 Å². The molecule has 2 aromatic heterocycles. The lowest BCUT2D eigenvalue weighted by atomic mass is 9.86. The van der Waals surface area contributed by atoms with Crippen LogP contribution in [0.1, 0.15) is 35.1 Å². The second-order valence-corrected chi connectivity index (χ2v) is 7.40. The number of amides is 2. The van der Waals surface area contributed by atoms with Crippen molar-refractivity contribution in [3.63, 3.8) is 0 Å². The third-order valence-electron chi connectivity index (χ3n) is 3.17. The number of urea groups is 1. The summed E-state index contributed by atoms with van der Waals surface area (Å²) >= 11 is 8.74. The number of nitrogens with one attached hydrogen (secondary N) is 2. The van der Waals surface area contributed by atoms with E-state index in [2.05, 4.69) is 20.8 Å². The van der Waals surface area contributed by atoms with Gasteiger partial charge in [0.1, 0.15) is 5.01 Å². The van der Waals surface area contributed by atoms with E-state index in [1.54, 1.807) is 0 Å². The Morgan fingerprint density at radius 2 is 2.20 bits per heavy atom. The maximum absolute atomic E-state index is 11.7. The number of halogens is 1. The van der Waals surface area contributed by atoms with Crippen molar-refractivity contribution in [1.29, 1.82) is 0 Å². The molecular formula is C12H13ClN4OS2. The number of hydrogen-bond acceptors (Lipinski definition) is 5. The number of aromatic nitrogens is 2. The zero-order valence-corrected chi connectivity index (χ0v) is 12.9. The third kappa shape index (κ3) is 3.28. The fraction of sp³-hybridized carbons (Fsp3) is 0.417. The van der Waals surface area contributed by atoms with Gasteiger partial charge in [-0.25, -0.2) is 4.79 Å². The number of nitrogens with zero attached hydrogens (tertiary/aromatic N) is 2. The van der Waals surface area contributed by atoms with Gasteiger partial charge in [0.15, 0.2) is 0 Å². The van der Waals surface area contributed by atoms with Crippen LogP contribution >= 0.6 is 34.3 Å². The molecule has 0 spiro atoms. The molecule has 0 aliphatic heterocycles. The molecule has 1 aliphatic carbocycles. The molecule has 0 unspecified atom stereocenters. The minimum absolute atomic E-state index is 0.272. The Balaban J connectivity index is 1.49. The Labute approximate surface area is 129 Å². The lowest BCUT2D eigenvalue weighted by Crippen LogP contribution is -2.27. The van der Waals surface area contributed by atoms with E-state index in [4.69, 9.17) is 11.6 Å². The van der Waals surface area contributed by atoms with Crippen LogP contribution in [0.2, 0.25) is 4.34 Å². The summed E-state index contributed by atoms with van der Waals surface area (Å²) in [6, 6.07) is 3.44. The van der Waals surface area contributed by atoms with Gasteiger partial charge >= 0.3 is 6.03 Å². The Morgan fingerprint density at radius 1 is 1.35 bits per heavy atom. The highest BCUT2D eigenvalue weighted by Gasteiger charge is 2.23. The Bertz CT molecular complexity index is 608. The molecule has 3 rings (SSSR count). The van der Waals surface area contributed by atoms with Crippen molar-refractivity contribution in [2.45, 2.75) is 31.7 Å². The van der Waals surface area contributed by atoms with Gasteiger partial charge in [-0.05, 0) is 25.0 Å². The zero-order chi connectivity index (χ0) is 13.9. The summed E-state index contributed by atoms with van der Waals surface area (Å²) in [5.74, 6) is 0.541. The van der Waals surface area contributed by atoms with Crippen LogP contribution in [0.15, 0.2) is 12.1 Å². The van der Waals surface area contributed by atoms with Gasteiger partial charge in [-0.3, -0.25) is 5.32 Å². The maximum Gasteiger partial charge on any atom is 0.321 e. The first-order valence-corrected chi connectivity index (χ1v) is 8.34. The number of anilines is 1. The standard InChI is InChI=1S/C12H13ClN4OS2/c13-9-5-4-8(19-9)6-14-11(18)15-12-17-16-10(20-12)7-2-1-3-7/h4-5,7H,1-3,6H2,(H2,14,15,17,18). The number of thiophene rings is 1. The molecule has 20 heavy (non-hydrogen) atoms. The third-order valence-corrected chi connectivity index (χ3v) is 5.40. The monoisotopic (exact) mass is 328 g/mol. The molecule has 106 valence electrons. The summed E-state index contributed by atoms with van der Waals surface area (Å²) < 4.78 is 0.719. The summed E-state index contributed by atoms with van der Waals surface area (Å²) in [6.45, 7) is 0.456. The molecule has 0 radical (unpaired) electrons. The summed E-state index contributed by atoms with van der Waals surface area (Å²) in [4.78, 5) is 12.8. The van der Waals surface area contributed by atoms with Crippen molar-refractivity contribution in [1.82, 2.24) is 15.5 Å². The highest BCUT2D eigenvalue weighted by Crippen LogP contribution is 2.38. The smallest absolute Gasteiger partial charge is 0.321 e. The Morgan fingerprint density at radius 3 is 2.85 bits per heavy atom. The molecule has 2 aromatic rings. The van der Waals surface area contributed by atoms with Crippen molar-refractivity contribution in [2.24, 2.45) is 0 Å². The first-order valence-electron chi connectivity index (χ1n) is 6.33. The average Bonchev–Trinajstić information content (AvgIpc) is 2.94. The molecule has 0 bridgehead atoms. The van der Waals surface area contributed by atoms with E-state index in [-0.39, 0.29) is 6.03 Å². The van der Waals surface area contributed by atoms with Crippen LogP contribution in [-0.2, 0) is 6.54 Å². The van der Waals surface area contributed by atoms with Gasteiger partial charge in [0.2, 0.25) is 5.13 Å². The fourth-order valence-corrected chi connectivity index (χ4v) is 3.80. The molecule has 1 aliphatic rings. The van der Waals surface area contributed by atoms with Crippen molar-refractivity contribution in [3.8, 4) is 0 Å². The van der Waals surface area contributed by atoms with Gasteiger partial charge in [0.25, 0.3) is 0 Å². The molecule has 5 nitrogen and oxygen atoms in total. The number of rotatable bonds is 4. The van der Waals surface area contributed by atoms with Crippen molar-refractivity contribution >= 4 is 45.4 Å². The summed E-state index contributed by atoms with van der Waals surface area (Å²) in [6.07, 6.45) is 3.62. The molecule has 2 heterocycles.